The quantitative estimate of drug-likeness (QED) is 0.600. The highest BCUT2D eigenvalue weighted by Crippen LogP contribution is 2.24. The van der Waals surface area contributed by atoms with Crippen LogP contribution in [0.15, 0.2) is 66.7 Å². The number of halogens is 1. The molecule has 0 radical (unpaired) electrons. The van der Waals surface area contributed by atoms with Crippen molar-refractivity contribution in [2.75, 3.05) is 0 Å². The van der Waals surface area contributed by atoms with Crippen LogP contribution in [-0.2, 0) is 6.54 Å². The van der Waals surface area contributed by atoms with Crippen molar-refractivity contribution in [1.29, 1.82) is 0 Å². The molecule has 1 atom stereocenters. The first-order chi connectivity index (χ1) is 10.3. The van der Waals surface area contributed by atoms with Gasteiger partial charge in [0, 0.05) is 16.2 Å². The fourth-order valence-electron chi connectivity index (χ4n) is 2.64. The molecule has 0 aliphatic carbocycles. The van der Waals surface area contributed by atoms with E-state index in [1.165, 1.54) is 25.5 Å². The van der Waals surface area contributed by atoms with Crippen LogP contribution in [0.2, 0.25) is 0 Å². The van der Waals surface area contributed by atoms with Crippen molar-refractivity contribution < 1.29 is 0 Å². The summed E-state index contributed by atoms with van der Waals surface area (Å²) in [7, 11) is 0. The van der Waals surface area contributed by atoms with Crippen LogP contribution in [0.3, 0.4) is 0 Å². The molecule has 1 nitrogen and oxygen atoms in total. The third-order valence-electron chi connectivity index (χ3n) is 3.85. The minimum absolute atomic E-state index is 0.326. The molecule has 0 heterocycles. The van der Waals surface area contributed by atoms with Gasteiger partial charge in [-0.1, -0.05) is 60.7 Å². The lowest BCUT2D eigenvalue weighted by Crippen LogP contribution is -2.18. The van der Waals surface area contributed by atoms with Gasteiger partial charge in [-0.25, -0.2) is 0 Å². The number of hydrogen-bond donors (Lipinski definition) is 1. The van der Waals surface area contributed by atoms with Gasteiger partial charge in [-0.05, 0) is 57.5 Å². The summed E-state index contributed by atoms with van der Waals surface area (Å²) in [6.45, 7) is 3.13. The van der Waals surface area contributed by atoms with Gasteiger partial charge in [-0.15, -0.1) is 0 Å². The Morgan fingerprint density at radius 1 is 0.905 bits per heavy atom. The van der Waals surface area contributed by atoms with Gasteiger partial charge in [0.1, 0.15) is 0 Å². The summed E-state index contributed by atoms with van der Waals surface area (Å²) < 4.78 is 1.31. The maximum Gasteiger partial charge on any atom is 0.0301 e. The van der Waals surface area contributed by atoms with E-state index in [1.807, 2.05) is 0 Å². The molecule has 106 valence electrons. The second-order valence-corrected chi connectivity index (χ2v) is 6.42. The summed E-state index contributed by atoms with van der Waals surface area (Å²) in [4.78, 5) is 0. The molecule has 0 amide bonds. The van der Waals surface area contributed by atoms with Gasteiger partial charge in [0.25, 0.3) is 0 Å². The Hall–Kier alpha value is -1.39. The van der Waals surface area contributed by atoms with Crippen LogP contribution >= 0.6 is 22.6 Å². The molecule has 0 aliphatic heterocycles. The molecule has 1 N–H and O–H groups in total. The Morgan fingerprint density at radius 3 is 2.48 bits per heavy atom. The highest BCUT2D eigenvalue weighted by molar-refractivity contribution is 14.1. The van der Waals surface area contributed by atoms with Crippen LogP contribution < -0.4 is 5.32 Å². The van der Waals surface area contributed by atoms with Gasteiger partial charge in [-0.2, -0.15) is 0 Å². The molecular weight excluding hydrogens is 369 g/mol. The van der Waals surface area contributed by atoms with Crippen LogP contribution in [-0.4, -0.2) is 0 Å². The summed E-state index contributed by atoms with van der Waals surface area (Å²) in [6, 6.07) is 24.0. The van der Waals surface area contributed by atoms with E-state index >= 15 is 0 Å². The molecule has 3 aromatic carbocycles. The average Bonchev–Trinajstić information content (AvgIpc) is 2.53. The first kappa shape index (κ1) is 14.5. The van der Waals surface area contributed by atoms with E-state index in [-0.39, 0.29) is 0 Å². The molecule has 2 heteroatoms. The minimum Gasteiger partial charge on any atom is -0.306 e. The Bertz CT molecular complexity index is 746. The summed E-state index contributed by atoms with van der Waals surface area (Å²) >= 11 is 2.40. The second-order valence-electron chi connectivity index (χ2n) is 5.26. The van der Waals surface area contributed by atoms with Crippen molar-refractivity contribution in [3.05, 3.63) is 81.4 Å². The van der Waals surface area contributed by atoms with Crippen LogP contribution in [0.4, 0.5) is 0 Å². The topological polar surface area (TPSA) is 12.0 Å². The smallest absolute Gasteiger partial charge is 0.0301 e. The molecule has 0 saturated heterocycles. The standard InChI is InChI=1S/C19H18IN/c1-14(21-13-16-8-3-5-12-19(16)20)17-11-6-9-15-7-2-4-10-18(15)17/h2-12,14,21H,13H2,1H3. The molecular formula is C19H18IN. The third kappa shape index (κ3) is 3.27. The first-order valence-corrected chi connectivity index (χ1v) is 8.28. The Morgan fingerprint density at radius 2 is 1.62 bits per heavy atom. The fraction of sp³-hybridized carbons (Fsp3) is 0.158. The van der Waals surface area contributed by atoms with Crippen molar-refractivity contribution in [3.8, 4) is 0 Å². The zero-order valence-electron chi connectivity index (χ0n) is 12.0. The van der Waals surface area contributed by atoms with Gasteiger partial charge in [0.15, 0.2) is 0 Å². The van der Waals surface area contributed by atoms with E-state index in [2.05, 4.69) is 102 Å². The maximum atomic E-state index is 3.64. The second kappa shape index (κ2) is 6.58. The average molecular weight is 387 g/mol. The van der Waals surface area contributed by atoms with Crippen molar-refractivity contribution in [1.82, 2.24) is 5.32 Å². The van der Waals surface area contributed by atoms with Crippen molar-refractivity contribution in [2.24, 2.45) is 0 Å². The van der Waals surface area contributed by atoms with Gasteiger partial charge >= 0.3 is 0 Å². The summed E-state index contributed by atoms with van der Waals surface area (Å²) in [5, 5.41) is 6.28. The Balaban J connectivity index is 1.81. The van der Waals surface area contributed by atoms with Crippen molar-refractivity contribution in [3.63, 3.8) is 0 Å². The first-order valence-electron chi connectivity index (χ1n) is 7.20. The number of rotatable bonds is 4. The van der Waals surface area contributed by atoms with Gasteiger partial charge < -0.3 is 5.32 Å². The van der Waals surface area contributed by atoms with Crippen LogP contribution in [0.5, 0.6) is 0 Å². The highest BCUT2D eigenvalue weighted by Gasteiger charge is 2.09. The summed E-state index contributed by atoms with van der Waals surface area (Å²) in [5.41, 5.74) is 2.71. The van der Waals surface area contributed by atoms with Crippen LogP contribution in [0.25, 0.3) is 10.8 Å². The predicted octanol–water partition coefficient (Wildman–Crippen LogP) is 5.30. The van der Waals surface area contributed by atoms with E-state index in [0.29, 0.717) is 6.04 Å². The summed E-state index contributed by atoms with van der Waals surface area (Å²) in [5.74, 6) is 0. The Labute approximate surface area is 139 Å². The van der Waals surface area contributed by atoms with Gasteiger partial charge in [-0.3, -0.25) is 0 Å². The molecule has 3 aromatic rings. The fourth-order valence-corrected chi connectivity index (χ4v) is 3.22. The number of hydrogen-bond acceptors (Lipinski definition) is 1. The largest absolute Gasteiger partial charge is 0.306 e. The SMILES string of the molecule is CC(NCc1ccccc1I)c1cccc2ccccc12. The van der Waals surface area contributed by atoms with E-state index in [9.17, 15) is 0 Å². The molecule has 1 unspecified atom stereocenters. The monoisotopic (exact) mass is 387 g/mol. The normalized spacial score (nSPS) is 12.5. The molecule has 0 aromatic heterocycles. The van der Waals surface area contributed by atoms with Crippen molar-refractivity contribution in [2.45, 2.75) is 19.5 Å². The zero-order valence-corrected chi connectivity index (χ0v) is 14.2. The molecule has 21 heavy (non-hydrogen) atoms. The lowest BCUT2D eigenvalue weighted by Gasteiger charge is -2.17. The third-order valence-corrected chi connectivity index (χ3v) is 4.90. The lowest BCUT2D eigenvalue weighted by molar-refractivity contribution is 0.577. The molecule has 0 aliphatic rings. The number of fused-ring (bicyclic) bond motifs is 1. The van der Waals surface area contributed by atoms with E-state index in [0.717, 1.165) is 6.54 Å². The van der Waals surface area contributed by atoms with E-state index < -0.39 is 0 Å². The lowest BCUT2D eigenvalue weighted by atomic mass is 9.99. The number of benzene rings is 3. The van der Waals surface area contributed by atoms with Crippen molar-refractivity contribution >= 4 is 33.4 Å². The Kier molecular flexibility index (Phi) is 4.56. The molecule has 0 fully saturated rings. The maximum absolute atomic E-state index is 3.64. The van der Waals surface area contributed by atoms with Crippen LogP contribution in [0.1, 0.15) is 24.1 Å². The zero-order chi connectivity index (χ0) is 14.7. The highest BCUT2D eigenvalue weighted by atomic mass is 127. The molecule has 0 spiro atoms. The molecule has 3 rings (SSSR count). The molecule has 0 saturated carbocycles. The van der Waals surface area contributed by atoms with E-state index in [4.69, 9.17) is 0 Å². The minimum atomic E-state index is 0.326. The summed E-state index contributed by atoms with van der Waals surface area (Å²) in [6.07, 6.45) is 0. The predicted molar refractivity (Wildman–Crippen MR) is 98.4 cm³/mol. The van der Waals surface area contributed by atoms with E-state index in [1.54, 1.807) is 0 Å². The van der Waals surface area contributed by atoms with Crippen LogP contribution in [0, 0.1) is 3.57 Å². The molecule has 0 bridgehead atoms. The number of nitrogens with one attached hydrogen (secondary N) is 1. The van der Waals surface area contributed by atoms with Gasteiger partial charge in [0.05, 0.1) is 0 Å². The van der Waals surface area contributed by atoms with Gasteiger partial charge in [0.2, 0.25) is 0 Å².